The van der Waals surface area contributed by atoms with Crippen molar-refractivity contribution in [2.24, 2.45) is 0 Å². The molecule has 0 fully saturated rings. The van der Waals surface area contributed by atoms with Gasteiger partial charge in [-0.25, -0.2) is 0 Å². The number of hydrogen-bond acceptors (Lipinski definition) is 1. The quantitative estimate of drug-likeness (QED) is 0.568. The molecule has 0 aliphatic carbocycles. The first-order chi connectivity index (χ1) is 7.83. The van der Waals surface area contributed by atoms with Gasteiger partial charge in [-0.05, 0) is 35.2 Å². The highest BCUT2D eigenvalue weighted by atomic mass is 79.9. The van der Waals surface area contributed by atoms with Crippen LogP contribution in [0.5, 0.6) is 0 Å². The monoisotopic (exact) mass is 288 g/mol. The molecule has 0 amide bonds. The zero-order chi connectivity index (χ0) is 11.0. The number of rotatable bonds is 1. The highest BCUT2D eigenvalue weighted by molar-refractivity contribution is 9.10. The first-order valence-electron chi connectivity index (χ1n) is 5.07. The van der Waals surface area contributed by atoms with Gasteiger partial charge in [0.05, 0.1) is 0 Å². The van der Waals surface area contributed by atoms with Crippen LogP contribution in [-0.4, -0.2) is 0 Å². The van der Waals surface area contributed by atoms with E-state index >= 15 is 0 Å². The maximum Gasteiger partial charge on any atom is 0.0355 e. The van der Waals surface area contributed by atoms with E-state index in [2.05, 4.69) is 64.5 Å². The zero-order valence-electron chi connectivity index (χ0n) is 8.48. The third kappa shape index (κ3) is 1.79. The van der Waals surface area contributed by atoms with E-state index < -0.39 is 0 Å². The van der Waals surface area contributed by atoms with E-state index in [0.717, 1.165) is 4.47 Å². The lowest BCUT2D eigenvalue weighted by atomic mass is 10.1. The largest absolute Gasteiger partial charge is 0.135 e. The molecule has 0 spiro atoms. The summed E-state index contributed by atoms with van der Waals surface area (Å²) in [6.45, 7) is 0. The zero-order valence-corrected chi connectivity index (χ0v) is 10.9. The van der Waals surface area contributed by atoms with Gasteiger partial charge < -0.3 is 0 Å². The molecule has 3 aromatic rings. The van der Waals surface area contributed by atoms with Crippen LogP contribution >= 0.6 is 27.3 Å². The molecule has 0 unspecified atom stereocenters. The van der Waals surface area contributed by atoms with Crippen molar-refractivity contribution in [1.29, 1.82) is 0 Å². The van der Waals surface area contributed by atoms with E-state index in [1.807, 2.05) is 17.4 Å². The van der Waals surface area contributed by atoms with Crippen LogP contribution in [0.4, 0.5) is 0 Å². The fourth-order valence-corrected chi connectivity index (χ4v) is 3.19. The van der Waals surface area contributed by atoms with Crippen LogP contribution in [0.1, 0.15) is 0 Å². The molecule has 0 N–H and O–H groups in total. The van der Waals surface area contributed by atoms with Crippen LogP contribution in [-0.2, 0) is 0 Å². The van der Waals surface area contributed by atoms with E-state index in [1.165, 1.54) is 20.5 Å². The molecule has 0 nitrogen and oxygen atoms in total. The van der Waals surface area contributed by atoms with Crippen LogP contribution in [0, 0.1) is 0 Å². The summed E-state index contributed by atoms with van der Waals surface area (Å²) in [5.41, 5.74) is 1.29. The second-order valence-corrected chi connectivity index (χ2v) is 5.66. The second-order valence-electron chi connectivity index (χ2n) is 3.66. The molecule has 0 bridgehead atoms. The molecule has 16 heavy (non-hydrogen) atoms. The number of benzene rings is 2. The fourth-order valence-electron chi connectivity index (χ4n) is 1.76. The van der Waals surface area contributed by atoms with Crippen molar-refractivity contribution in [3.63, 3.8) is 0 Å². The Morgan fingerprint density at radius 1 is 0.875 bits per heavy atom. The molecule has 0 aliphatic rings. The van der Waals surface area contributed by atoms with E-state index in [4.69, 9.17) is 0 Å². The summed E-state index contributed by atoms with van der Waals surface area (Å²) in [6, 6.07) is 19.2. The molecular formula is C14H9BrS. The average Bonchev–Trinajstić information content (AvgIpc) is 2.73. The Hall–Kier alpha value is -1.12. The average molecular weight is 289 g/mol. The van der Waals surface area contributed by atoms with Crippen molar-refractivity contribution in [1.82, 2.24) is 0 Å². The van der Waals surface area contributed by atoms with E-state index in [0.29, 0.717) is 0 Å². The van der Waals surface area contributed by atoms with Gasteiger partial charge in [0.1, 0.15) is 0 Å². The van der Waals surface area contributed by atoms with Gasteiger partial charge in [-0.3, -0.25) is 0 Å². The first-order valence-corrected chi connectivity index (χ1v) is 6.68. The normalized spacial score (nSPS) is 10.8. The summed E-state index contributed by atoms with van der Waals surface area (Å²) in [7, 11) is 0. The molecule has 3 rings (SSSR count). The SMILES string of the molecule is Brc1ccc2sc(-c3ccccc3)cc2c1. The first kappa shape index (κ1) is 10.1. The Kier molecular flexibility index (Phi) is 2.54. The van der Waals surface area contributed by atoms with Gasteiger partial charge in [-0.1, -0.05) is 46.3 Å². The summed E-state index contributed by atoms with van der Waals surface area (Å²) >= 11 is 5.34. The minimum absolute atomic E-state index is 1.14. The van der Waals surface area contributed by atoms with Gasteiger partial charge in [-0.2, -0.15) is 0 Å². The summed E-state index contributed by atoms with van der Waals surface area (Å²) in [4.78, 5) is 1.33. The second kappa shape index (κ2) is 4.04. The summed E-state index contributed by atoms with van der Waals surface area (Å²) < 4.78 is 2.47. The fraction of sp³-hybridized carbons (Fsp3) is 0. The van der Waals surface area contributed by atoms with Crippen LogP contribution in [0.15, 0.2) is 59.1 Å². The smallest absolute Gasteiger partial charge is 0.0355 e. The lowest BCUT2D eigenvalue weighted by molar-refractivity contribution is 1.70. The predicted octanol–water partition coefficient (Wildman–Crippen LogP) is 5.33. The molecule has 1 heterocycles. The molecule has 0 saturated carbocycles. The third-order valence-corrected chi connectivity index (χ3v) is 4.20. The molecule has 1 aromatic heterocycles. The van der Waals surface area contributed by atoms with Crippen LogP contribution in [0.2, 0.25) is 0 Å². The molecular weight excluding hydrogens is 280 g/mol. The van der Waals surface area contributed by atoms with Gasteiger partial charge in [0.2, 0.25) is 0 Å². The van der Waals surface area contributed by atoms with E-state index in [-0.39, 0.29) is 0 Å². The van der Waals surface area contributed by atoms with Gasteiger partial charge in [-0.15, -0.1) is 11.3 Å². The lowest BCUT2D eigenvalue weighted by Crippen LogP contribution is -1.67. The predicted molar refractivity (Wildman–Crippen MR) is 75.0 cm³/mol. The number of thiophene rings is 1. The standard InChI is InChI=1S/C14H9BrS/c15-12-6-7-13-11(8-12)9-14(16-13)10-4-2-1-3-5-10/h1-9H. The Morgan fingerprint density at radius 2 is 1.69 bits per heavy atom. The van der Waals surface area contributed by atoms with Crippen molar-refractivity contribution in [2.45, 2.75) is 0 Å². The van der Waals surface area contributed by atoms with Crippen molar-refractivity contribution >= 4 is 37.4 Å². The molecule has 78 valence electrons. The molecule has 0 saturated heterocycles. The third-order valence-electron chi connectivity index (χ3n) is 2.54. The summed E-state index contributed by atoms with van der Waals surface area (Å²) in [5.74, 6) is 0. The van der Waals surface area contributed by atoms with Gasteiger partial charge in [0.25, 0.3) is 0 Å². The topological polar surface area (TPSA) is 0 Å². The minimum atomic E-state index is 1.14. The van der Waals surface area contributed by atoms with Gasteiger partial charge in [0, 0.05) is 14.0 Å². The van der Waals surface area contributed by atoms with Crippen LogP contribution in [0.25, 0.3) is 20.5 Å². The van der Waals surface area contributed by atoms with E-state index in [1.54, 1.807) is 0 Å². The van der Waals surface area contributed by atoms with Gasteiger partial charge >= 0.3 is 0 Å². The Bertz CT molecular complexity index is 626. The van der Waals surface area contributed by atoms with E-state index in [9.17, 15) is 0 Å². The van der Waals surface area contributed by atoms with Crippen LogP contribution in [0.3, 0.4) is 0 Å². The van der Waals surface area contributed by atoms with Gasteiger partial charge in [0.15, 0.2) is 0 Å². The molecule has 2 aromatic carbocycles. The molecule has 0 atom stereocenters. The van der Waals surface area contributed by atoms with Crippen molar-refractivity contribution in [2.75, 3.05) is 0 Å². The summed E-state index contributed by atoms with van der Waals surface area (Å²) in [6.07, 6.45) is 0. The Labute approximate surface area is 107 Å². The molecule has 0 radical (unpaired) electrons. The maximum absolute atomic E-state index is 3.50. The van der Waals surface area contributed by atoms with Crippen molar-refractivity contribution in [3.05, 3.63) is 59.1 Å². The van der Waals surface area contributed by atoms with Crippen molar-refractivity contribution in [3.8, 4) is 10.4 Å². The number of hydrogen-bond donors (Lipinski definition) is 0. The highest BCUT2D eigenvalue weighted by Crippen LogP contribution is 2.34. The minimum Gasteiger partial charge on any atom is -0.135 e. The highest BCUT2D eigenvalue weighted by Gasteiger charge is 2.03. The lowest BCUT2D eigenvalue weighted by Gasteiger charge is -1.93. The number of fused-ring (bicyclic) bond motifs is 1. The Balaban J connectivity index is 2.19. The Morgan fingerprint density at radius 3 is 2.50 bits per heavy atom. The molecule has 2 heteroatoms. The van der Waals surface area contributed by atoms with Crippen molar-refractivity contribution < 1.29 is 0 Å². The summed E-state index contributed by atoms with van der Waals surface area (Å²) in [5, 5.41) is 1.30. The molecule has 0 aliphatic heterocycles. The van der Waals surface area contributed by atoms with Crippen LogP contribution < -0.4 is 0 Å². The number of halogens is 1. The maximum atomic E-state index is 3.50.